The van der Waals surface area contributed by atoms with E-state index in [2.05, 4.69) is 40.9 Å². The van der Waals surface area contributed by atoms with Gasteiger partial charge in [0.1, 0.15) is 5.82 Å². The Morgan fingerprint density at radius 3 is 2.44 bits per heavy atom. The molecule has 0 bridgehead atoms. The summed E-state index contributed by atoms with van der Waals surface area (Å²) in [7, 11) is 4.09. The second-order valence-corrected chi connectivity index (χ2v) is 8.02. The zero-order valence-corrected chi connectivity index (χ0v) is 16.9. The Balaban J connectivity index is 1.74. The number of hydrogen-bond acceptors (Lipinski definition) is 4. The molecule has 2 heterocycles. The highest BCUT2D eigenvalue weighted by Crippen LogP contribution is 2.20. The van der Waals surface area contributed by atoms with Crippen molar-refractivity contribution in [2.45, 2.75) is 39.2 Å². The number of likely N-dealkylation sites (tertiary alicyclic amines) is 1. The van der Waals surface area contributed by atoms with E-state index in [1.165, 1.54) is 0 Å². The third-order valence-electron chi connectivity index (χ3n) is 5.32. The molecule has 6 nitrogen and oxygen atoms in total. The fourth-order valence-electron chi connectivity index (χ4n) is 3.75. The minimum atomic E-state index is 0.161. The molecule has 27 heavy (non-hydrogen) atoms. The molecule has 0 atom stereocenters. The van der Waals surface area contributed by atoms with Gasteiger partial charge in [0.2, 0.25) is 5.91 Å². The Morgan fingerprint density at radius 2 is 1.81 bits per heavy atom. The number of carbonyl (C=O) groups is 1. The third-order valence-corrected chi connectivity index (χ3v) is 5.32. The summed E-state index contributed by atoms with van der Waals surface area (Å²) in [6, 6.07) is 10.3. The van der Waals surface area contributed by atoms with E-state index in [0.29, 0.717) is 18.4 Å². The van der Waals surface area contributed by atoms with Gasteiger partial charge in [-0.05, 0) is 38.9 Å². The first-order valence-electron chi connectivity index (χ1n) is 9.87. The Labute approximate surface area is 162 Å². The Hall–Kier alpha value is -2.21. The second kappa shape index (κ2) is 8.65. The van der Waals surface area contributed by atoms with Gasteiger partial charge in [0.15, 0.2) is 5.82 Å². The molecule has 0 aliphatic carbocycles. The monoisotopic (exact) mass is 369 g/mol. The van der Waals surface area contributed by atoms with Crippen LogP contribution in [0.15, 0.2) is 30.3 Å². The molecule has 1 saturated heterocycles. The van der Waals surface area contributed by atoms with Gasteiger partial charge >= 0.3 is 0 Å². The summed E-state index contributed by atoms with van der Waals surface area (Å²) < 4.78 is 1.94. The SMILES string of the molecule is CC(C)CN(C(=O)Cc1nnc(-c2ccccc2)n1C)C1CCN(C)CC1. The van der Waals surface area contributed by atoms with Crippen molar-refractivity contribution >= 4 is 5.91 Å². The molecule has 1 fully saturated rings. The summed E-state index contributed by atoms with van der Waals surface area (Å²) in [5, 5.41) is 8.63. The first kappa shape index (κ1) is 19.5. The maximum atomic E-state index is 13.2. The average Bonchev–Trinajstić information content (AvgIpc) is 3.01. The highest BCUT2D eigenvalue weighted by Gasteiger charge is 2.28. The fraction of sp³-hybridized carbons (Fsp3) is 0.571. The largest absolute Gasteiger partial charge is 0.339 e. The van der Waals surface area contributed by atoms with Crippen LogP contribution in [0.3, 0.4) is 0 Å². The van der Waals surface area contributed by atoms with Crippen molar-refractivity contribution < 1.29 is 4.79 Å². The van der Waals surface area contributed by atoms with E-state index in [1.54, 1.807) is 0 Å². The Kier molecular flexibility index (Phi) is 6.26. The average molecular weight is 370 g/mol. The Morgan fingerprint density at radius 1 is 1.15 bits per heavy atom. The van der Waals surface area contributed by atoms with Crippen LogP contribution in [0.25, 0.3) is 11.4 Å². The van der Waals surface area contributed by atoms with Gasteiger partial charge in [0, 0.05) is 25.2 Å². The van der Waals surface area contributed by atoms with E-state index in [-0.39, 0.29) is 5.91 Å². The van der Waals surface area contributed by atoms with E-state index in [9.17, 15) is 4.79 Å². The highest BCUT2D eigenvalue weighted by molar-refractivity contribution is 5.78. The topological polar surface area (TPSA) is 54.3 Å². The molecule has 6 heteroatoms. The lowest BCUT2D eigenvalue weighted by Gasteiger charge is -2.38. The van der Waals surface area contributed by atoms with Gasteiger partial charge in [-0.2, -0.15) is 0 Å². The molecule has 3 rings (SSSR count). The molecule has 0 radical (unpaired) electrons. The number of nitrogens with zero attached hydrogens (tertiary/aromatic N) is 5. The third kappa shape index (κ3) is 4.75. The van der Waals surface area contributed by atoms with E-state index >= 15 is 0 Å². The van der Waals surface area contributed by atoms with E-state index in [0.717, 1.165) is 49.7 Å². The molecule has 1 amide bonds. The zero-order valence-electron chi connectivity index (χ0n) is 16.9. The molecule has 0 N–H and O–H groups in total. The van der Waals surface area contributed by atoms with E-state index in [1.807, 2.05) is 41.9 Å². The van der Waals surface area contributed by atoms with Crippen molar-refractivity contribution in [2.24, 2.45) is 13.0 Å². The summed E-state index contributed by atoms with van der Waals surface area (Å²) in [5.74, 6) is 2.13. The number of aromatic nitrogens is 3. The van der Waals surface area contributed by atoms with Crippen molar-refractivity contribution in [3.05, 3.63) is 36.2 Å². The van der Waals surface area contributed by atoms with Crippen LogP contribution in [0.2, 0.25) is 0 Å². The molecule has 0 unspecified atom stereocenters. The number of benzene rings is 1. The van der Waals surface area contributed by atoms with E-state index in [4.69, 9.17) is 0 Å². The van der Waals surface area contributed by atoms with Gasteiger partial charge in [0.05, 0.1) is 6.42 Å². The molecule has 1 aliphatic rings. The van der Waals surface area contributed by atoms with Crippen LogP contribution < -0.4 is 0 Å². The van der Waals surface area contributed by atoms with E-state index < -0.39 is 0 Å². The molecule has 1 aromatic heterocycles. The smallest absolute Gasteiger partial charge is 0.230 e. The van der Waals surface area contributed by atoms with Crippen molar-refractivity contribution in [2.75, 3.05) is 26.7 Å². The van der Waals surface area contributed by atoms with Gasteiger partial charge in [-0.15, -0.1) is 10.2 Å². The van der Waals surface area contributed by atoms with Crippen LogP contribution in [-0.2, 0) is 18.3 Å². The predicted octanol–water partition coefficient (Wildman–Crippen LogP) is 2.60. The van der Waals surface area contributed by atoms with Gasteiger partial charge in [-0.25, -0.2) is 0 Å². The van der Waals surface area contributed by atoms with Crippen molar-refractivity contribution in [1.82, 2.24) is 24.6 Å². The first-order chi connectivity index (χ1) is 13.0. The maximum Gasteiger partial charge on any atom is 0.230 e. The van der Waals surface area contributed by atoms with Crippen LogP contribution in [-0.4, -0.2) is 63.2 Å². The lowest BCUT2D eigenvalue weighted by molar-refractivity contribution is -0.134. The van der Waals surface area contributed by atoms with Crippen molar-refractivity contribution in [1.29, 1.82) is 0 Å². The fourth-order valence-corrected chi connectivity index (χ4v) is 3.75. The van der Waals surface area contributed by atoms with Crippen molar-refractivity contribution in [3.63, 3.8) is 0 Å². The molecular formula is C21H31N5O. The highest BCUT2D eigenvalue weighted by atomic mass is 16.2. The predicted molar refractivity (Wildman–Crippen MR) is 107 cm³/mol. The van der Waals surface area contributed by atoms with Crippen LogP contribution in [0.4, 0.5) is 0 Å². The summed E-state index contributed by atoms with van der Waals surface area (Å²) in [6.07, 6.45) is 2.39. The van der Waals surface area contributed by atoms with Crippen LogP contribution >= 0.6 is 0 Å². The van der Waals surface area contributed by atoms with Crippen LogP contribution in [0.1, 0.15) is 32.5 Å². The second-order valence-electron chi connectivity index (χ2n) is 8.02. The number of piperidine rings is 1. The van der Waals surface area contributed by atoms with Gasteiger partial charge < -0.3 is 14.4 Å². The molecule has 2 aromatic rings. The molecular weight excluding hydrogens is 338 g/mol. The number of hydrogen-bond donors (Lipinski definition) is 0. The molecule has 1 aliphatic heterocycles. The Bertz CT molecular complexity index is 747. The molecule has 0 spiro atoms. The lowest BCUT2D eigenvalue weighted by Crippen LogP contribution is -2.48. The minimum Gasteiger partial charge on any atom is -0.339 e. The lowest BCUT2D eigenvalue weighted by atomic mass is 10.0. The summed E-state index contributed by atoms with van der Waals surface area (Å²) in [4.78, 5) is 17.6. The van der Waals surface area contributed by atoms with Gasteiger partial charge in [-0.1, -0.05) is 44.2 Å². The number of rotatable bonds is 6. The van der Waals surface area contributed by atoms with Crippen LogP contribution in [0.5, 0.6) is 0 Å². The number of amides is 1. The first-order valence-corrected chi connectivity index (χ1v) is 9.87. The maximum absolute atomic E-state index is 13.2. The molecule has 0 saturated carbocycles. The summed E-state index contributed by atoms with van der Waals surface area (Å²) >= 11 is 0. The molecule has 1 aromatic carbocycles. The normalized spacial score (nSPS) is 16.0. The van der Waals surface area contributed by atoms with Crippen LogP contribution in [0, 0.1) is 5.92 Å². The zero-order chi connectivity index (χ0) is 19.4. The quantitative estimate of drug-likeness (QED) is 0.785. The van der Waals surface area contributed by atoms with Gasteiger partial charge in [0.25, 0.3) is 0 Å². The standard InChI is InChI=1S/C21H31N5O/c1-16(2)15-26(18-10-12-24(3)13-11-18)20(27)14-19-22-23-21(25(19)4)17-8-6-5-7-9-17/h5-9,16,18H,10-15H2,1-4H3. The van der Waals surface area contributed by atoms with Crippen molar-refractivity contribution in [3.8, 4) is 11.4 Å². The number of carbonyl (C=O) groups excluding carboxylic acids is 1. The minimum absolute atomic E-state index is 0.161. The summed E-state index contributed by atoms with van der Waals surface area (Å²) in [6.45, 7) is 7.25. The summed E-state index contributed by atoms with van der Waals surface area (Å²) in [5.41, 5.74) is 1.01. The molecule has 146 valence electrons. The van der Waals surface area contributed by atoms with Gasteiger partial charge in [-0.3, -0.25) is 4.79 Å².